The van der Waals surface area contributed by atoms with Gasteiger partial charge < -0.3 is 5.11 Å². The van der Waals surface area contributed by atoms with Crippen LogP contribution in [0.25, 0.3) is 6.08 Å². The fourth-order valence-corrected chi connectivity index (χ4v) is 3.39. The van der Waals surface area contributed by atoms with E-state index in [1.165, 1.54) is 30.5 Å². The summed E-state index contributed by atoms with van der Waals surface area (Å²) < 4.78 is 0. The molecular weight excluding hydrogens is 258 g/mol. The van der Waals surface area contributed by atoms with Gasteiger partial charge in [-0.3, -0.25) is 4.90 Å². The number of hydrogen-bond acceptors (Lipinski definition) is 3. The maximum atomic E-state index is 10.5. The van der Waals surface area contributed by atoms with Crippen molar-refractivity contribution in [3.8, 4) is 0 Å². The van der Waals surface area contributed by atoms with E-state index in [0.717, 1.165) is 23.3 Å². The topological polar surface area (TPSA) is 40.5 Å². The van der Waals surface area contributed by atoms with Crippen LogP contribution >= 0.6 is 11.3 Å². The minimum absolute atomic E-state index is 0.764. The lowest BCUT2D eigenvalue weighted by molar-refractivity contribution is -0.131. The van der Waals surface area contributed by atoms with Crippen LogP contribution in [0.3, 0.4) is 0 Å². The van der Waals surface area contributed by atoms with Gasteiger partial charge in [-0.05, 0) is 43.0 Å². The SMILES string of the molecule is CC1CCN(Cc2ccc(/C=C/C(=O)O)s2)CC1C. The molecule has 0 radical (unpaired) electrons. The molecule has 0 spiro atoms. The van der Waals surface area contributed by atoms with Crippen LogP contribution in [0.2, 0.25) is 0 Å². The first-order chi connectivity index (χ1) is 9.04. The second-order valence-corrected chi connectivity index (χ2v) is 6.65. The van der Waals surface area contributed by atoms with Gasteiger partial charge in [-0.1, -0.05) is 13.8 Å². The zero-order valence-corrected chi connectivity index (χ0v) is 12.3. The van der Waals surface area contributed by atoms with E-state index in [4.69, 9.17) is 5.11 Å². The Morgan fingerprint density at radius 1 is 1.47 bits per heavy atom. The molecule has 3 nitrogen and oxygen atoms in total. The van der Waals surface area contributed by atoms with Crippen LogP contribution in [0.15, 0.2) is 18.2 Å². The predicted octanol–water partition coefficient (Wildman–Crippen LogP) is 3.32. The number of hydrogen-bond donors (Lipinski definition) is 1. The summed E-state index contributed by atoms with van der Waals surface area (Å²) in [6.07, 6.45) is 4.13. The van der Waals surface area contributed by atoms with Gasteiger partial charge in [0.15, 0.2) is 0 Å². The maximum Gasteiger partial charge on any atom is 0.328 e. The lowest BCUT2D eigenvalue weighted by Gasteiger charge is -2.34. The first-order valence-corrected chi connectivity index (χ1v) is 7.58. The number of aliphatic carboxylic acids is 1. The third-order valence-electron chi connectivity index (χ3n) is 3.87. The number of carboxylic acids is 1. The summed E-state index contributed by atoms with van der Waals surface area (Å²) in [5.41, 5.74) is 0. The number of nitrogens with zero attached hydrogens (tertiary/aromatic N) is 1. The van der Waals surface area contributed by atoms with Crippen molar-refractivity contribution in [2.75, 3.05) is 13.1 Å². The number of rotatable bonds is 4. The van der Waals surface area contributed by atoms with Gasteiger partial charge in [-0.25, -0.2) is 4.79 Å². The van der Waals surface area contributed by atoms with Gasteiger partial charge in [0.2, 0.25) is 0 Å². The Balaban J connectivity index is 1.91. The molecule has 1 aromatic rings. The summed E-state index contributed by atoms with van der Waals surface area (Å²) >= 11 is 1.68. The van der Waals surface area contributed by atoms with Crippen molar-refractivity contribution in [2.24, 2.45) is 11.8 Å². The molecule has 4 heteroatoms. The van der Waals surface area contributed by atoms with Crippen molar-refractivity contribution in [2.45, 2.75) is 26.8 Å². The van der Waals surface area contributed by atoms with Crippen molar-refractivity contribution >= 4 is 23.4 Å². The molecule has 1 N–H and O–H groups in total. The average Bonchev–Trinajstić information content (AvgIpc) is 2.79. The van der Waals surface area contributed by atoms with E-state index in [1.54, 1.807) is 17.4 Å². The third kappa shape index (κ3) is 4.18. The van der Waals surface area contributed by atoms with E-state index in [-0.39, 0.29) is 0 Å². The van der Waals surface area contributed by atoms with Crippen LogP contribution in [-0.4, -0.2) is 29.1 Å². The standard InChI is InChI=1S/C15H21NO2S/c1-11-7-8-16(9-12(11)2)10-14-4-3-13(19-14)5-6-15(17)18/h3-6,11-12H,7-10H2,1-2H3,(H,17,18)/b6-5+. The number of likely N-dealkylation sites (tertiary alicyclic amines) is 1. The molecule has 0 bridgehead atoms. The van der Waals surface area contributed by atoms with Crippen LogP contribution in [-0.2, 0) is 11.3 Å². The Bertz CT molecular complexity index is 466. The van der Waals surface area contributed by atoms with Gasteiger partial charge in [-0.15, -0.1) is 11.3 Å². The van der Waals surface area contributed by atoms with Crippen LogP contribution in [0.1, 0.15) is 30.0 Å². The fourth-order valence-electron chi connectivity index (χ4n) is 2.44. The Morgan fingerprint density at radius 2 is 2.26 bits per heavy atom. The smallest absolute Gasteiger partial charge is 0.328 e. The summed E-state index contributed by atoms with van der Waals surface area (Å²) in [7, 11) is 0. The summed E-state index contributed by atoms with van der Waals surface area (Å²) in [5, 5.41) is 8.61. The van der Waals surface area contributed by atoms with Gasteiger partial charge in [-0.2, -0.15) is 0 Å². The molecule has 0 saturated carbocycles. The molecule has 0 aliphatic carbocycles. The third-order valence-corrected chi connectivity index (χ3v) is 4.91. The molecule has 2 unspecified atom stereocenters. The first-order valence-electron chi connectivity index (χ1n) is 6.76. The highest BCUT2D eigenvalue weighted by molar-refractivity contribution is 7.12. The highest BCUT2D eigenvalue weighted by Crippen LogP contribution is 2.26. The molecule has 0 aromatic carbocycles. The van der Waals surface area contributed by atoms with Crippen LogP contribution in [0.4, 0.5) is 0 Å². The monoisotopic (exact) mass is 279 g/mol. The molecule has 2 atom stereocenters. The van der Waals surface area contributed by atoms with Crippen LogP contribution < -0.4 is 0 Å². The second kappa shape index (κ2) is 6.35. The maximum absolute atomic E-state index is 10.5. The number of piperidine rings is 1. The van der Waals surface area contributed by atoms with Crippen LogP contribution in [0, 0.1) is 11.8 Å². The Labute approximate surface area is 118 Å². The molecule has 104 valence electrons. The number of carbonyl (C=O) groups is 1. The zero-order valence-electron chi connectivity index (χ0n) is 11.5. The second-order valence-electron chi connectivity index (χ2n) is 5.45. The van der Waals surface area contributed by atoms with Gasteiger partial charge in [0.05, 0.1) is 0 Å². The summed E-state index contributed by atoms with van der Waals surface area (Å²) in [4.78, 5) is 15.3. The predicted molar refractivity (Wildman–Crippen MR) is 79.2 cm³/mol. The normalized spacial score (nSPS) is 24.9. The van der Waals surface area contributed by atoms with E-state index in [9.17, 15) is 4.79 Å². The highest BCUT2D eigenvalue weighted by Gasteiger charge is 2.22. The molecule has 19 heavy (non-hydrogen) atoms. The molecule has 1 saturated heterocycles. The Morgan fingerprint density at radius 3 is 2.95 bits per heavy atom. The van der Waals surface area contributed by atoms with E-state index in [1.807, 2.05) is 6.07 Å². The van der Waals surface area contributed by atoms with Crippen molar-refractivity contribution < 1.29 is 9.90 Å². The van der Waals surface area contributed by atoms with E-state index in [2.05, 4.69) is 24.8 Å². The Kier molecular flexibility index (Phi) is 4.77. The fraction of sp³-hybridized carbons (Fsp3) is 0.533. The van der Waals surface area contributed by atoms with E-state index >= 15 is 0 Å². The summed E-state index contributed by atoms with van der Waals surface area (Å²) in [6, 6.07) is 4.10. The quantitative estimate of drug-likeness (QED) is 0.860. The first kappa shape index (κ1) is 14.3. The molecule has 1 aliphatic rings. The van der Waals surface area contributed by atoms with Crippen molar-refractivity contribution in [1.29, 1.82) is 0 Å². The van der Waals surface area contributed by atoms with Gasteiger partial charge >= 0.3 is 5.97 Å². The summed E-state index contributed by atoms with van der Waals surface area (Å²) in [5.74, 6) is 0.697. The molecule has 2 rings (SSSR count). The summed E-state index contributed by atoms with van der Waals surface area (Å²) in [6.45, 7) is 7.99. The minimum atomic E-state index is -0.895. The lowest BCUT2D eigenvalue weighted by atomic mass is 9.89. The van der Waals surface area contributed by atoms with Gasteiger partial charge in [0.1, 0.15) is 0 Å². The van der Waals surface area contributed by atoms with Crippen molar-refractivity contribution in [3.63, 3.8) is 0 Å². The molecule has 2 heterocycles. The molecule has 0 amide bonds. The number of carboxylic acid groups (broad SMARTS) is 1. The van der Waals surface area contributed by atoms with E-state index < -0.39 is 5.97 Å². The molecular formula is C15H21NO2S. The zero-order chi connectivity index (χ0) is 13.8. The van der Waals surface area contributed by atoms with Crippen molar-refractivity contribution in [3.05, 3.63) is 28.0 Å². The molecule has 1 aromatic heterocycles. The molecule has 1 aliphatic heterocycles. The minimum Gasteiger partial charge on any atom is -0.478 e. The van der Waals surface area contributed by atoms with Crippen LogP contribution in [0.5, 0.6) is 0 Å². The lowest BCUT2D eigenvalue weighted by Crippen LogP contribution is -2.37. The van der Waals surface area contributed by atoms with E-state index in [0.29, 0.717) is 0 Å². The van der Waals surface area contributed by atoms with Gasteiger partial charge in [0.25, 0.3) is 0 Å². The largest absolute Gasteiger partial charge is 0.478 e. The highest BCUT2D eigenvalue weighted by atomic mass is 32.1. The van der Waals surface area contributed by atoms with Crippen molar-refractivity contribution in [1.82, 2.24) is 4.90 Å². The average molecular weight is 279 g/mol. The van der Waals surface area contributed by atoms with Gasteiger partial charge in [0, 0.05) is 28.9 Å². The number of thiophene rings is 1. The molecule has 1 fully saturated rings. The Hall–Kier alpha value is -1.13.